The molecule has 0 amide bonds. The summed E-state index contributed by atoms with van der Waals surface area (Å²) in [7, 11) is 0. The van der Waals surface area contributed by atoms with Crippen LogP contribution in [0, 0.1) is 5.82 Å². The normalized spacial score (nSPS) is 21.4. The van der Waals surface area contributed by atoms with Crippen molar-refractivity contribution in [3.63, 3.8) is 0 Å². The molecule has 1 fully saturated rings. The first kappa shape index (κ1) is 12.1. The molecular formula is C12H15FN2O2. The van der Waals surface area contributed by atoms with Crippen LogP contribution in [0.1, 0.15) is 17.3 Å². The quantitative estimate of drug-likeness (QED) is 0.740. The number of hydrogen-bond acceptors (Lipinski definition) is 4. The number of pyridine rings is 1. The fourth-order valence-electron chi connectivity index (χ4n) is 1.88. The SMILES string of the molecule is CCN1CCOC(C(=O)c2cncc(F)c2)C1. The van der Waals surface area contributed by atoms with Gasteiger partial charge in [0.05, 0.1) is 12.8 Å². The van der Waals surface area contributed by atoms with E-state index in [0.29, 0.717) is 13.2 Å². The molecule has 1 saturated heterocycles. The lowest BCUT2D eigenvalue weighted by molar-refractivity contribution is -0.0149. The van der Waals surface area contributed by atoms with Crippen LogP contribution in [0.3, 0.4) is 0 Å². The molecule has 1 aliphatic rings. The summed E-state index contributed by atoms with van der Waals surface area (Å²) in [4.78, 5) is 17.9. The fraction of sp³-hybridized carbons (Fsp3) is 0.500. The Kier molecular flexibility index (Phi) is 3.81. The minimum absolute atomic E-state index is 0.199. The molecule has 0 spiro atoms. The first-order valence-electron chi connectivity index (χ1n) is 5.69. The third-order valence-corrected chi connectivity index (χ3v) is 2.88. The molecular weight excluding hydrogens is 223 g/mol. The van der Waals surface area contributed by atoms with Gasteiger partial charge < -0.3 is 4.74 Å². The minimum Gasteiger partial charge on any atom is -0.367 e. The van der Waals surface area contributed by atoms with Gasteiger partial charge in [0, 0.05) is 24.8 Å². The lowest BCUT2D eigenvalue weighted by Crippen LogP contribution is -2.45. The van der Waals surface area contributed by atoms with Gasteiger partial charge in [0.1, 0.15) is 11.9 Å². The number of Topliss-reactive ketones (excluding diaryl/α,β-unsaturated/α-hetero) is 1. The summed E-state index contributed by atoms with van der Waals surface area (Å²) in [6.45, 7) is 4.85. The number of ketones is 1. The molecule has 1 unspecified atom stereocenters. The van der Waals surface area contributed by atoms with E-state index in [2.05, 4.69) is 9.88 Å². The van der Waals surface area contributed by atoms with Crippen LogP contribution in [0.25, 0.3) is 0 Å². The molecule has 1 aromatic rings. The highest BCUT2D eigenvalue weighted by molar-refractivity contribution is 5.99. The van der Waals surface area contributed by atoms with E-state index >= 15 is 0 Å². The molecule has 0 aliphatic carbocycles. The molecule has 0 radical (unpaired) electrons. The predicted octanol–water partition coefficient (Wildman–Crippen LogP) is 1.12. The van der Waals surface area contributed by atoms with Crippen molar-refractivity contribution in [2.75, 3.05) is 26.2 Å². The van der Waals surface area contributed by atoms with Gasteiger partial charge in [0.2, 0.25) is 0 Å². The number of nitrogens with zero attached hydrogens (tertiary/aromatic N) is 2. The summed E-state index contributed by atoms with van der Waals surface area (Å²) in [5.74, 6) is -0.700. The van der Waals surface area contributed by atoms with E-state index in [1.54, 1.807) is 0 Å². The van der Waals surface area contributed by atoms with Crippen LogP contribution in [0.4, 0.5) is 4.39 Å². The molecule has 4 nitrogen and oxygen atoms in total. The number of ether oxygens (including phenoxy) is 1. The third-order valence-electron chi connectivity index (χ3n) is 2.88. The van der Waals surface area contributed by atoms with Crippen LogP contribution < -0.4 is 0 Å². The monoisotopic (exact) mass is 238 g/mol. The third kappa shape index (κ3) is 2.87. The fourth-order valence-corrected chi connectivity index (χ4v) is 1.88. The highest BCUT2D eigenvalue weighted by Gasteiger charge is 2.27. The maximum Gasteiger partial charge on any atom is 0.194 e. The number of aromatic nitrogens is 1. The zero-order valence-corrected chi connectivity index (χ0v) is 9.73. The van der Waals surface area contributed by atoms with Gasteiger partial charge in [-0.05, 0) is 12.6 Å². The van der Waals surface area contributed by atoms with Gasteiger partial charge in [0.15, 0.2) is 5.78 Å². The molecule has 1 atom stereocenters. The summed E-state index contributed by atoms with van der Waals surface area (Å²) in [5.41, 5.74) is 0.271. The van der Waals surface area contributed by atoms with Gasteiger partial charge in [-0.1, -0.05) is 6.92 Å². The second kappa shape index (κ2) is 5.33. The predicted molar refractivity (Wildman–Crippen MR) is 60.4 cm³/mol. The van der Waals surface area contributed by atoms with Crippen LogP contribution in [0.2, 0.25) is 0 Å². The Bertz CT molecular complexity index is 411. The van der Waals surface area contributed by atoms with E-state index in [1.807, 2.05) is 6.92 Å². The minimum atomic E-state index is -0.507. The first-order valence-corrected chi connectivity index (χ1v) is 5.69. The van der Waals surface area contributed by atoms with Gasteiger partial charge in [-0.3, -0.25) is 14.7 Å². The molecule has 2 rings (SSSR count). The molecule has 0 saturated carbocycles. The zero-order chi connectivity index (χ0) is 12.3. The number of carbonyl (C=O) groups excluding carboxylic acids is 1. The Labute approximate surface area is 99.4 Å². The van der Waals surface area contributed by atoms with E-state index in [1.165, 1.54) is 12.3 Å². The highest BCUT2D eigenvalue weighted by Crippen LogP contribution is 2.12. The number of morpholine rings is 1. The van der Waals surface area contributed by atoms with Gasteiger partial charge in [-0.25, -0.2) is 4.39 Å². The topological polar surface area (TPSA) is 42.4 Å². The Hall–Kier alpha value is -1.33. The Morgan fingerprint density at radius 3 is 3.18 bits per heavy atom. The molecule has 5 heteroatoms. The smallest absolute Gasteiger partial charge is 0.194 e. The second-order valence-electron chi connectivity index (χ2n) is 4.01. The molecule has 92 valence electrons. The summed E-state index contributed by atoms with van der Waals surface area (Å²) in [6.07, 6.45) is 1.95. The number of rotatable bonds is 3. The van der Waals surface area contributed by atoms with Crippen molar-refractivity contribution < 1.29 is 13.9 Å². The van der Waals surface area contributed by atoms with Gasteiger partial charge >= 0.3 is 0 Å². The van der Waals surface area contributed by atoms with E-state index in [-0.39, 0.29) is 11.3 Å². The molecule has 2 heterocycles. The average Bonchev–Trinajstić information content (AvgIpc) is 2.38. The van der Waals surface area contributed by atoms with Gasteiger partial charge in [-0.15, -0.1) is 0 Å². The molecule has 1 aromatic heterocycles. The maximum atomic E-state index is 13.0. The highest BCUT2D eigenvalue weighted by atomic mass is 19.1. The largest absolute Gasteiger partial charge is 0.367 e. The van der Waals surface area contributed by atoms with Crippen molar-refractivity contribution >= 4 is 5.78 Å². The molecule has 0 bridgehead atoms. The van der Waals surface area contributed by atoms with Crippen molar-refractivity contribution in [3.8, 4) is 0 Å². The van der Waals surface area contributed by atoms with Crippen LogP contribution in [0.15, 0.2) is 18.5 Å². The van der Waals surface area contributed by atoms with E-state index < -0.39 is 11.9 Å². The summed E-state index contributed by atoms with van der Waals surface area (Å²) < 4.78 is 18.4. The summed E-state index contributed by atoms with van der Waals surface area (Å²) in [6, 6.07) is 1.20. The van der Waals surface area contributed by atoms with Gasteiger partial charge in [0.25, 0.3) is 0 Å². The van der Waals surface area contributed by atoms with E-state index in [4.69, 9.17) is 4.74 Å². The standard InChI is InChI=1S/C12H15FN2O2/c1-2-15-3-4-17-11(8-15)12(16)9-5-10(13)7-14-6-9/h5-7,11H,2-4,8H2,1H3. The summed E-state index contributed by atoms with van der Waals surface area (Å²) in [5, 5.41) is 0. The van der Waals surface area contributed by atoms with E-state index in [9.17, 15) is 9.18 Å². The lowest BCUT2D eigenvalue weighted by Gasteiger charge is -2.31. The summed E-state index contributed by atoms with van der Waals surface area (Å²) >= 11 is 0. The Morgan fingerprint density at radius 2 is 2.47 bits per heavy atom. The Morgan fingerprint density at radius 1 is 1.65 bits per heavy atom. The second-order valence-corrected chi connectivity index (χ2v) is 4.01. The van der Waals surface area contributed by atoms with E-state index in [0.717, 1.165) is 19.3 Å². The van der Waals surface area contributed by atoms with Crippen molar-refractivity contribution in [2.45, 2.75) is 13.0 Å². The molecule has 0 N–H and O–H groups in total. The van der Waals surface area contributed by atoms with Crippen LogP contribution >= 0.6 is 0 Å². The molecule has 17 heavy (non-hydrogen) atoms. The van der Waals surface area contributed by atoms with Gasteiger partial charge in [-0.2, -0.15) is 0 Å². The molecule has 1 aliphatic heterocycles. The number of hydrogen-bond donors (Lipinski definition) is 0. The van der Waals surface area contributed by atoms with Crippen LogP contribution in [-0.4, -0.2) is 48.0 Å². The number of halogens is 1. The van der Waals surface area contributed by atoms with Crippen LogP contribution in [0.5, 0.6) is 0 Å². The lowest BCUT2D eigenvalue weighted by atomic mass is 10.1. The van der Waals surface area contributed by atoms with Crippen molar-refractivity contribution in [1.29, 1.82) is 0 Å². The van der Waals surface area contributed by atoms with Crippen molar-refractivity contribution in [2.24, 2.45) is 0 Å². The molecule has 0 aromatic carbocycles. The van der Waals surface area contributed by atoms with Crippen molar-refractivity contribution in [3.05, 3.63) is 29.8 Å². The van der Waals surface area contributed by atoms with Crippen LogP contribution in [-0.2, 0) is 4.74 Å². The maximum absolute atomic E-state index is 13.0. The number of likely N-dealkylation sites (N-methyl/N-ethyl adjacent to an activating group) is 1. The first-order chi connectivity index (χ1) is 8.20. The average molecular weight is 238 g/mol. The Balaban J connectivity index is 2.09. The number of carbonyl (C=O) groups is 1. The van der Waals surface area contributed by atoms with Crippen molar-refractivity contribution in [1.82, 2.24) is 9.88 Å². The zero-order valence-electron chi connectivity index (χ0n) is 9.73.